The Morgan fingerprint density at radius 3 is 2.49 bits per heavy atom. The van der Waals surface area contributed by atoms with Crippen LogP contribution in [0.15, 0.2) is 66.7 Å². The summed E-state index contributed by atoms with van der Waals surface area (Å²) in [6, 6.07) is 20.1. The third-order valence-electron chi connectivity index (χ3n) is 5.94. The van der Waals surface area contributed by atoms with Crippen LogP contribution in [0.4, 0.5) is 4.39 Å². The number of benzene rings is 3. The van der Waals surface area contributed by atoms with Crippen molar-refractivity contribution in [1.29, 1.82) is 0 Å². The number of hydrogen-bond acceptors (Lipinski definition) is 3. The summed E-state index contributed by atoms with van der Waals surface area (Å²) in [6.07, 6.45) is 3.47. The second-order valence-corrected chi connectivity index (χ2v) is 8.91. The zero-order chi connectivity index (χ0) is 24.6. The second-order valence-electron chi connectivity index (χ2n) is 8.91. The molecule has 4 rings (SSSR count). The van der Waals surface area contributed by atoms with Crippen LogP contribution in [0, 0.1) is 19.7 Å². The van der Waals surface area contributed by atoms with E-state index in [1.165, 1.54) is 35.4 Å². The lowest BCUT2D eigenvalue weighted by molar-refractivity contribution is 0.0953. The molecule has 1 aromatic heterocycles. The monoisotopic (exact) mass is 473 g/mol. The lowest BCUT2D eigenvalue weighted by Crippen LogP contribution is -2.25. The van der Waals surface area contributed by atoms with E-state index < -0.39 is 0 Å². The number of unbranched alkanes of at least 4 members (excludes halogenated alkanes) is 1. The maximum Gasteiger partial charge on any atom is 0.251 e. The van der Waals surface area contributed by atoms with Crippen molar-refractivity contribution in [3.8, 4) is 5.75 Å². The maximum absolute atomic E-state index is 13.1. The molecule has 1 amide bonds. The first kappa shape index (κ1) is 24.5. The van der Waals surface area contributed by atoms with Gasteiger partial charge in [0.05, 0.1) is 17.6 Å². The van der Waals surface area contributed by atoms with E-state index in [4.69, 9.17) is 9.72 Å². The van der Waals surface area contributed by atoms with Gasteiger partial charge < -0.3 is 14.6 Å². The number of amides is 1. The van der Waals surface area contributed by atoms with Gasteiger partial charge in [0, 0.05) is 25.1 Å². The molecule has 0 saturated carbocycles. The molecule has 4 aromatic rings. The van der Waals surface area contributed by atoms with E-state index in [0.29, 0.717) is 18.7 Å². The number of carbonyl (C=O) groups is 1. The molecule has 3 aromatic carbocycles. The van der Waals surface area contributed by atoms with E-state index in [-0.39, 0.29) is 11.7 Å². The molecule has 1 heterocycles. The molecule has 0 saturated heterocycles. The number of ether oxygens (including phenoxy) is 1. The maximum atomic E-state index is 13.1. The van der Waals surface area contributed by atoms with Crippen LogP contribution in [0.5, 0.6) is 5.75 Å². The van der Waals surface area contributed by atoms with Gasteiger partial charge >= 0.3 is 0 Å². The van der Waals surface area contributed by atoms with Crippen molar-refractivity contribution >= 4 is 16.9 Å². The van der Waals surface area contributed by atoms with Crippen molar-refractivity contribution in [2.24, 2.45) is 0 Å². The smallest absolute Gasteiger partial charge is 0.251 e. The number of fused-ring (bicyclic) bond motifs is 1. The zero-order valence-corrected chi connectivity index (χ0v) is 20.4. The molecular weight excluding hydrogens is 441 g/mol. The first-order chi connectivity index (χ1) is 17.0. The molecule has 0 bridgehead atoms. The van der Waals surface area contributed by atoms with Crippen LogP contribution in [-0.2, 0) is 13.0 Å². The SMILES string of the molecule is Cc1cc(C)cc(OCCCCn2c(CCCNC(=O)c3ccc(F)cc3)nc3ccccc32)c1. The molecule has 182 valence electrons. The third-order valence-corrected chi connectivity index (χ3v) is 5.94. The van der Waals surface area contributed by atoms with Crippen molar-refractivity contribution in [3.63, 3.8) is 0 Å². The van der Waals surface area contributed by atoms with Gasteiger partial charge in [-0.2, -0.15) is 0 Å². The fourth-order valence-corrected chi connectivity index (χ4v) is 4.30. The van der Waals surface area contributed by atoms with Crippen molar-refractivity contribution in [3.05, 3.63) is 95.1 Å². The summed E-state index contributed by atoms with van der Waals surface area (Å²) in [4.78, 5) is 17.1. The summed E-state index contributed by atoms with van der Waals surface area (Å²) in [5.41, 5.74) is 5.01. The number of nitrogens with zero attached hydrogens (tertiary/aromatic N) is 2. The van der Waals surface area contributed by atoms with Gasteiger partial charge in [-0.3, -0.25) is 4.79 Å². The number of rotatable bonds is 11. The standard InChI is InChI=1S/C29H32FN3O2/c1-21-18-22(2)20-25(19-21)35-17-6-5-16-33-27-9-4-3-8-26(27)32-28(33)10-7-15-31-29(34)23-11-13-24(30)14-12-23/h3-4,8-9,11-14,18-20H,5-7,10,15-17H2,1-2H3,(H,31,34). The number of hydrogen-bond donors (Lipinski definition) is 1. The Morgan fingerprint density at radius 2 is 1.71 bits per heavy atom. The lowest BCUT2D eigenvalue weighted by atomic mass is 10.1. The molecule has 1 N–H and O–H groups in total. The molecular formula is C29H32FN3O2. The largest absolute Gasteiger partial charge is 0.494 e. The molecule has 0 unspecified atom stereocenters. The van der Waals surface area contributed by atoms with E-state index >= 15 is 0 Å². The molecule has 0 radical (unpaired) electrons. The highest BCUT2D eigenvalue weighted by molar-refractivity contribution is 5.94. The molecule has 0 aliphatic rings. The van der Waals surface area contributed by atoms with Crippen LogP contribution in [-0.4, -0.2) is 28.6 Å². The number of para-hydroxylation sites is 2. The van der Waals surface area contributed by atoms with E-state index in [1.807, 2.05) is 18.2 Å². The molecule has 0 spiro atoms. The van der Waals surface area contributed by atoms with Crippen molar-refractivity contribution in [1.82, 2.24) is 14.9 Å². The Balaban J connectivity index is 1.29. The summed E-state index contributed by atoms with van der Waals surface area (Å²) in [5, 5.41) is 2.91. The molecule has 5 nitrogen and oxygen atoms in total. The molecule has 35 heavy (non-hydrogen) atoms. The highest BCUT2D eigenvalue weighted by Gasteiger charge is 2.11. The number of carbonyl (C=O) groups excluding carboxylic acids is 1. The first-order valence-corrected chi connectivity index (χ1v) is 12.2. The summed E-state index contributed by atoms with van der Waals surface area (Å²) >= 11 is 0. The number of imidazole rings is 1. The normalized spacial score (nSPS) is 11.1. The Bertz CT molecular complexity index is 1260. The van der Waals surface area contributed by atoms with Crippen LogP contribution in [0.25, 0.3) is 11.0 Å². The van der Waals surface area contributed by atoms with Crippen LogP contribution in [0.2, 0.25) is 0 Å². The highest BCUT2D eigenvalue weighted by atomic mass is 19.1. The lowest BCUT2D eigenvalue weighted by Gasteiger charge is -2.11. The minimum absolute atomic E-state index is 0.192. The first-order valence-electron chi connectivity index (χ1n) is 12.2. The van der Waals surface area contributed by atoms with Gasteiger partial charge in [0.1, 0.15) is 17.4 Å². The Morgan fingerprint density at radius 1 is 0.971 bits per heavy atom. The molecule has 6 heteroatoms. The summed E-state index contributed by atoms with van der Waals surface area (Å²) < 4.78 is 21.3. The molecule has 0 aliphatic carbocycles. The van der Waals surface area contributed by atoms with Crippen LogP contribution < -0.4 is 10.1 Å². The molecule has 0 aliphatic heterocycles. The van der Waals surface area contributed by atoms with Crippen LogP contribution in [0.3, 0.4) is 0 Å². The Labute approximate surface area is 206 Å². The zero-order valence-electron chi connectivity index (χ0n) is 20.4. The van der Waals surface area contributed by atoms with Gasteiger partial charge in [-0.15, -0.1) is 0 Å². The topological polar surface area (TPSA) is 56.1 Å². The number of aromatic nitrogens is 2. The Hall–Kier alpha value is -3.67. The van der Waals surface area contributed by atoms with Crippen LogP contribution in [0.1, 0.15) is 46.6 Å². The second kappa shape index (κ2) is 11.6. The van der Waals surface area contributed by atoms with Crippen molar-refractivity contribution in [2.75, 3.05) is 13.2 Å². The summed E-state index contributed by atoms with van der Waals surface area (Å²) in [7, 11) is 0. The van der Waals surface area contributed by atoms with Crippen LogP contribution >= 0.6 is 0 Å². The fourth-order valence-electron chi connectivity index (χ4n) is 4.30. The minimum Gasteiger partial charge on any atom is -0.494 e. The third kappa shape index (κ3) is 6.69. The number of aryl methyl sites for hydroxylation is 4. The van der Waals surface area contributed by atoms with E-state index in [1.54, 1.807) is 0 Å². The highest BCUT2D eigenvalue weighted by Crippen LogP contribution is 2.19. The quantitative estimate of drug-likeness (QED) is 0.271. The number of halogens is 1. The fraction of sp³-hybridized carbons (Fsp3) is 0.310. The van der Waals surface area contributed by atoms with Gasteiger partial charge in [-0.25, -0.2) is 9.37 Å². The average Bonchev–Trinajstić information content (AvgIpc) is 3.18. The van der Waals surface area contributed by atoms with E-state index in [2.05, 4.69) is 48.0 Å². The summed E-state index contributed by atoms with van der Waals surface area (Å²) in [5.74, 6) is 1.41. The van der Waals surface area contributed by atoms with Gasteiger partial charge in [0.15, 0.2) is 0 Å². The van der Waals surface area contributed by atoms with Gasteiger partial charge in [0.25, 0.3) is 5.91 Å². The van der Waals surface area contributed by atoms with Crippen molar-refractivity contribution < 1.29 is 13.9 Å². The van der Waals surface area contributed by atoms with Gasteiger partial charge in [-0.05, 0) is 92.8 Å². The van der Waals surface area contributed by atoms with Crippen molar-refractivity contribution in [2.45, 2.75) is 46.1 Å². The summed E-state index contributed by atoms with van der Waals surface area (Å²) in [6.45, 7) is 6.25. The average molecular weight is 474 g/mol. The predicted octanol–water partition coefficient (Wildman–Crippen LogP) is 6.01. The van der Waals surface area contributed by atoms with Gasteiger partial charge in [0.2, 0.25) is 0 Å². The predicted molar refractivity (Wildman–Crippen MR) is 137 cm³/mol. The van der Waals surface area contributed by atoms with E-state index in [0.717, 1.165) is 54.8 Å². The number of nitrogens with one attached hydrogen (secondary N) is 1. The molecule has 0 fully saturated rings. The Kier molecular flexibility index (Phi) is 8.14. The van der Waals surface area contributed by atoms with E-state index in [9.17, 15) is 9.18 Å². The minimum atomic E-state index is -0.350. The van der Waals surface area contributed by atoms with Gasteiger partial charge in [-0.1, -0.05) is 18.2 Å². The molecule has 0 atom stereocenters.